The van der Waals surface area contributed by atoms with E-state index in [1.54, 1.807) is 6.20 Å². The van der Waals surface area contributed by atoms with Crippen molar-refractivity contribution in [3.05, 3.63) is 30.1 Å². The quantitative estimate of drug-likeness (QED) is 0.895. The van der Waals surface area contributed by atoms with Crippen LogP contribution in [0.1, 0.15) is 45.7 Å². The van der Waals surface area contributed by atoms with E-state index in [-0.39, 0.29) is 24.2 Å². The number of aromatic nitrogens is 1. The van der Waals surface area contributed by atoms with Crippen molar-refractivity contribution in [2.24, 2.45) is 11.8 Å². The molecular weight excluding hydrogens is 310 g/mol. The molecule has 2 heterocycles. The van der Waals surface area contributed by atoms with Gasteiger partial charge in [-0.1, -0.05) is 26.8 Å². The molecule has 1 aliphatic rings. The average molecular weight is 340 g/mol. The Morgan fingerprint density at radius 3 is 2.74 bits per heavy atom. The fourth-order valence-electron chi connectivity index (χ4n) is 2.91. The van der Waals surface area contributed by atoms with Gasteiger partial charge in [-0.3, -0.25) is 9.78 Å². The molecule has 0 bridgehead atoms. The third-order valence-electron chi connectivity index (χ3n) is 4.72. The number of amides is 1. The van der Waals surface area contributed by atoms with E-state index in [9.17, 15) is 4.79 Å². The van der Waals surface area contributed by atoms with Crippen LogP contribution in [0.4, 0.5) is 0 Å². The molecule has 1 amide bonds. The number of halogens is 1. The molecule has 0 radical (unpaired) electrons. The summed E-state index contributed by atoms with van der Waals surface area (Å²) < 4.78 is 0. The summed E-state index contributed by atoms with van der Waals surface area (Å²) in [5.74, 6) is 0.690. The maximum Gasteiger partial charge on any atom is 0.226 e. The molecule has 1 N–H and O–H groups in total. The third kappa shape index (κ3) is 5.78. The molecular formula is C18H30ClN3O. The average Bonchev–Trinajstić information content (AvgIpc) is 2.81. The summed E-state index contributed by atoms with van der Waals surface area (Å²) in [5.41, 5.74) is 0.976. The first-order valence-electron chi connectivity index (χ1n) is 8.50. The van der Waals surface area contributed by atoms with Gasteiger partial charge in [0, 0.05) is 18.2 Å². The lowest BCUT2D eigenvalue weighted by Crippen LogP contribution is -2.44. The molecule has 1 saturated heterocycles. The Bertz CT molecular complexity index is 459. The highest BCUT2D eigenvalue weighted by Gasteiger charge is 2.29. The number of hydrogen-bond donors (Lipinski definition) is 1. The zero-order chi connectivity index (χ0) is 15.9. The summed E-state index contributed by atoms with van der Waals surface area (Å²) in [6.07, 6.45) is 5.05. The van der Waals surface area contributed by atoms with Crippen LogP contribution in [0.3, 0.4) is 0 Å². The van der Waals surface area contributed by atoms with Crippen molar-refractivity contribution in [2.75, 3.05) is 13.1 Å². The lowest BCUT2D eigenvalue weighted by molar-refractivity contribution is -0.139. The molecule has 2 atom stereocenters. The van der Waals surface area contributed by atoms with E-state index in [0.717, 1.165) is 38.0 Å². The SMILES string of the molecule is CC(C)C(C)C(=O)N(Cc1ccccn1)C1CCCNCC1.Cl. The molecule has 4 nitrogen and oxygen atoms in total. The van der Waals surface area contributed by atoms with Crippen LogP contribution >= 0.6 is 12.4 Å². The third-order valence-corrected chi connectivity index (χ3v) is 4.72. The van der Waals surface area contributed by atoms with Crippen LogP contribution in [0.2, 0.25) is 0 Å². The normalized spacial score (nSPS) is 19.6. The van der Waals surface area contributed by atoms with Gasteiger partial charge >= 0.3 is 0 Å². The Kier molecular flexibility index (Phi) is 8.56. The molecule has 0 saturated carbocycles. The summed E-state index contributed by atoms with van der Waals surface area (Å²) in [4.78, 5) is 19.5. The topological polar surface area (TPSA) is 45.2 Å². The largest absolute Gasteiger partial charge is 0.334 e. The van der Waals surface area contributed by atoms with Gasteiger partial charge < -0.3 is 10.2 Å². The van der Waals surface area contributed by atoms with Crippen molar-refractivity contribution in [1.82, 2.24) is 15.2 Å². The molecule has 1 aromatic rings. The number of rotatable bonds is 5. The van der Waals surface area contributed by atoms with Crippen LogP contribution < -0.4 is 5.32 Å². The molecule has 0 aromatic carbocycles. The summed E-state index contributed by atoms with van der Waals surface area (Å²) >= 11 is 0. The second kappa shape index (κ2) is 9.89. The van der Waals surface area contributed by atoms with Gasteiger partial charge in [0.15, 0.2) is 0 Å². The number of carbonyl (C=O) groups excluding carboxylic acids is 1. The van der Waals surface area contributed by atoms with Gasteiger partial charge in [-0.05, 0) is 50.4 Å². The van der Waals surface area contributed by atoms with Gasteiger partial charge in [0.2, 0.25) is 5.91 Å². The van der Waals surface area contributed by atoms with Crippen LogP contribution in [0.25, 0.3) is 0 Å². The number of hydrogen-bond acceptors (Lipinski definition) is 3. The second-order valence-electron chi connectivity index (χ2n) is 6.65. The Morgan fingerprint density at radius 2 is 2.09 bits per heavy atom. The predicted molar refractivity (Wildman–Crippen MR) is 96.5 cm³/mol. The fraction of sp³-hybridized carbons (Fsp3) is 0.667. The number of nitrogens with zero attached hydrogens (tertiary/aromatic N) is 2. The van der Waals surface area contributed by atoms with E-state index in [1.165, 1.54) is 0 Å². The van der Waals surface area contributed by atoms with Crippen LogP contribution in [0, 0.1) is 11.8 Å². The Balaban J connectivity index is 0.00000264. The van der Waals surface area contributed by atoms with Crippen molar-refractivity contribution in [3.8, 4) is 0 Å². The molecule has 5 heteroatoms. The molecule has 1 aromatic heterocycles. The van der Waals surface area contributed by atoms with Gasteiger partial charge in [0.05, 0.1) is 12.2 Å². The van der Waals surface area contributed by atoms with E-state index in [4.69, 9.17) is 0 Å². The molecule has 0 spiro atoms. The molecule has 1 aliphatic heterocycles. The van der Waals surface area contributed by atoms with Crippen LogP contribution in [-0.2, 0) is 11.3 Å². The minimum Gasteiger partial charge on any atom is -0.334 e. The van der Waals surface area contributed by atoms with E-state index < -0.39 is 0 Å². The van der Waals surface area contributed by atoms with E-state index >= 15 is 0 Å². The van der Waals surface area contributed by atoms with Crippen molar-refractivity contribution >= 4 is 18.3 Å². The molecule has 0 aliphatic carbocycles. The predicted octanol–water partition coefficient (Wildman–Crippen LogP) is 3.27. The Labute approximate surface area is 146 Å². The summed E-state index contributed by atoms with van der Waals surface area (Å²) in [6, 6.07) is 6.24. The molecule has 23 heavy (non-hydrogen) atoms. The first-order valence-corrected chi connectivity index (χ1v) is 8.50. The van der Waals surface area contributed by atoms with E-state index in [2.05, 4.69) is 29.0 Å². The van der Waals surface area contributed by atoms with E-state index in [1.807, 2.05) is 25.1 Å². The summed E-state index contributed by atoms with van der Waals surface area (Å²) in [6.45, 7) is 8.97. The monoisotopic (exact) mass is 339 g/mol. The fourth-order valence-corrected chi connectivity index (χ4v) is 2.91. The zero-order valence-corrected chi connectivity index (χ0v) is 15.3. The van der Waals surface area contributed by atoms with Crippen LogP contribution in [-0.4, -0.2) is 34.9 Å². The second-order valence-corrected chi connectivity index (χ2v) is 6.65. The lowest BCUT2D eigenvalue weighted by Gasteiger charge is -2.34. The number of carbonyl (C=O) groups is 1. The standard InChI is InChI=1S/C18H29N3O.ClH/c1-14(2)15(3)18(22)21(13-16-7-4-5-11-20-16)17-8-6-10-19-12-9-17;/h4-5,7,11,14-15,17,19H,6,8-10,12-13H2,1-3H3;1H. The number of pyridine rings is 1. The van der Waals surface area contributed by atoms with Gasteiger partial charge in [-0.25, -0.2) is 0 Å². The first kappa shape index (κ1) is 19.9. The van der Waals surface area contributed by atoms with Crippen molar-refractivity contribution in [1.29, 1.82) is 0 Å². The van der Waals surface area contributed by atoms with Gasteiger partial charge in [-0.15, -0.1) is 12.4 Å². The van der Waals surface area contributed by atoms with Crippen molar-refractivity contribution in [3.63, 3.8) is 0 Å². The summed E-state index contributed by atoms with van der Waals surface area (Å²) in [7, 11) is 0. The highest BCUT2D eigenvalue weighted by Crippen LogP contribution is 2.22. The molecule has 2 unspecified atom stereocenters. The maximum atomic E-state index is 13.0. The Morgan fingerprint density at radius 1 is 1.30 bits per heavy atom. The Hall–Kier alpha value is -1.13. The summed E-state index contributed by atoms with van der Waals surface area (Å²) in [5, 5.41) is 3.43. The highest BCUT2D eigenvalue weighted by atomic mass is 35.5. The molecule has 130 valence electrons. The minimum absolute atomic E-state index is 0. The minimum atomic E-state index is 0. The zero-order valence-electron chi connectivity index (χ0n) is 14.5. The molecule has 1 fully saturated rings. The van der Waals surface area contributed by atoms with Crippen molar-refractivity contribution in [2.45, 2.75) is 52.6 Å². The molecule has 2 rings (SSSR count). The van der Waals surface area contributed by atoms with Gasteiger partial charge in [0.1, 0.15) is 0 Å². The van der Waals surface area contributed by atoms with Crippen LogP contribution in [0.15, 0.2) is 24.4 Å². The first-order chi connectivity index (χ1) is 10.6. The highest BCUT2D eigenvalue weighted by molar-refractivity contribution is 5.85. The van der Waals surface area contributed by atoms with E-state index in [0.29, 0.717) is 18.5 Å². The maximum absolute atomic E-state index is 13.0. The van der Waals surface area contributed by atoms with Gasteiger partial charge in [-0.2, -0.15) is 0 Å². The lowest BCUT2D eigenvalue weighted by atomic mass is 9.94. The van der Waals surface area contributed by atoms with Crippen molar-refractivity contribution < 1.29 is 4.79 Å². The number of nitrogens with one attached hydrogen (secondary N) is 1. The smallest absolute Gasteiger partial charge is 0.226 e. The van der Waals surface area contributed by atoms with Gasteiger partial charge in [0.25, 0.3) is 0 Å². The van der Waals surface area contributed by atoms with Crippen LogP contribution in [0.5, 0.6) is 0 Å².